The van der Waals surface area contributed by atoms with Crippen molar-refractivity contribution in [2.75, 3.05) is 0 Å². The SMILES string of the molecule is C=CC1=C(/C(=C\C)c2nc(-c3ccccc3)c3ccc4ccccc4c3n2)c2ccccc2C12c1ccc3ccccc3c1-c1c2ccc2ccccc12. The molecule has 252 valence electrons. The van der Waals surface area contributed by atoms with Gasteiger partial charge in [0.2, 0.25) is 0 Å². The Hall–Kier alpha value is -6.90. The van der Waals surface area contributed by atoms with Crippen LogP contribution in [0.5, 0.6) is 0 Å². The van der Waals surface area contributed by atoms with Crippen LogP contribution in [0.2, 0.25) is 0 Å². The molecule has 0 N–H and O–H groups in total. The molecule has 0 radical (unpaired) electrons. The van der Waals surface area contributed by atoms with Crippen molar-refractivity contribution in [2.24, 2.45) is 0 Å². The van der Waals surface area contributed by atoms with Gasteiger partial charge >= 0.3 is 0 Å². The topological polar surface area (TPSA) is 25.8 Å². The monoisotopic (exact) mass is 686 g/mol. The minimum absolute atomic E-state index is 0.591. The summed E-state index contributed by atoms with van der Waals surface area (Å²) in [7, 11) is 0. The van der Waals surface area contributed by atoms with Crippen LogP contribution >= 0.6 is 0 Å². The van der Waals surface area contributed by atoms with Gasteiger partial charge in [-0.3, -0.25) is 0 Å². The Kier molecular flexibility index (Phi) is 6.57. The van der Waals surface area contributed by atoms with Gasteiger partial charge in [-0.05, 0) is 84.4 Å². The van der Waals surface area contributed by atoms with Crippen molar-refractivity contribution in [3.8, 4) is 22.4 Å². The van der Waals surface area contributed by atoms with Gasteiger partial charge < -0.3 is 0 Å². The molecule has 2 nitrogen and oxygen atoms in total. The quantitative estimate of drug-likeness (QED) is 0.172. The molecule has 0 amide bonds. The fourth-order valence-corrected chi connectivity index (χ4v) is 9.67. The molecule has 0 bridgehead atoms. The first-order valence-electron chi connectivity index (χ1n) is 18.7. The summed E-state index contributed by atoms with van der Waals surface area (Å²) < 4.78 is 0. The zero-order chi connectivity index (χ0) is 36.0. The molecule has 9 aromatic rings. The first-order chi connectivity index (χ1) is 26.7. The third-order valence-corrected chi connectivity index (χ3v) is 11.8. The Morgan fingerprint density at radius 2 is 1.07 bits per heavy atom. The Morgan fingerprint density at radius 1 is 0.519 bits per heavy atom. The maximum atomic E-state index is 5.48. The van der Waals surface area contributed by atoms with Gasteiger partial charge in [-0.2, -0.15) is 0 Å². The number of hydrogen-bond acceptors (Lipinski definition) is 2. The van der Waals surface area contributed by atoms with E-state index < -0.39 is 5.41 Å². The van der Waals surface area contributed by atoms with E-state index >= 15 is 0 Å². The van der Waals surface area contributed by atoms with Crippen LogP contribution in [0.4, 0.5) is 0 Å². The van der Waals surface area contributed by atoms with Crippen molar-refractivity contribution < 1.29 is 0 Å². The van der Waals surface area contributed by atoms with Gasteiger partial charge in [0.1, 0.15) is 0 Å². The highest BCUT2D eigenvalue weighted by atomic mass is 14.9. The standard InChI is InChI=1S/C52H34N2/c1-3-36(51-53-49(35-19-6-5-7-20-35)41-29-26-34-18-10-13-23-39(34)50(41)54-51)46-40-24-14-15-25-43(40)52(42(46)4-2)44-30-27-32-16-8-11-21-37(32)47(44)48-38-22-12-9-17-33(38)28-31-45(48)52/h3-31H,2H2,1H3/b36-3+. The van der Waals surface area contributed by atoms with Crippen molar-refractivity contribution >= 4 is 54.4 Å². The van der Waals surface area contributed by atoms with Gasteiger partial charge in [-0.1, -0.05) is 176 Å². The molecule has 2 aliphatic carbocycles. The Labute approximate surface area is 314 Å². The van der Waals surface area contributed by atoms with Gasteiger partial charge in [0.25, 0.3) is 0 Å². The van der Waals surface area contributed by atoms with Crippen LogP contribution in [0.25, 0.3) is 76.8 Å². The number of nitrogens with zero attached hydrogens (tertiary/aromatic N) is 2. The Balaban J connectivity index is 1.27. The van der Waals surface area contributed by atoms with Crippen molar-refractivity contribution in [1.82, 2.24) is 9.97 Å². The highest BCUT2D eigenvalue weighted by molar-refractivity contribution is 6.18. The fraction of sp³-hybridized carbons (Fsp3) is 0.0385. The van der Waals surface area contributed by atoms with Crippen LogP contribution in [0.15, 0.2) is 188 Å². The summed E-state index contributed by atoms with van der Waals surface area (Å²) in [5.74, 6) is 0.705. The van der Waals surface area contributed by atoms with E-state index in [1.54, 1.807) is 0 Å². The molecule has 8 aromatic carbocycles. The molecular formula is C52H34N2. The maximum Gasteiger partial charge on any atom is 0.160 e. The lowest BCUT2D eigenvalue weighted by Crippen LogP contribution is -2.26. The van der Waals surface area contributed by atoms with Crippen molar-refractivity contribution in [2.45, 2.75) is 12.3 Å². The third-order valence-electron chi connectivity index (χ3n) is 11.8. The second-order valence-corrected chi connectivity index (χ2v) is 14.4. The molecule has 0 saturated heterocycles. The maximum absolute atomic E-state index is 5.48. The molecule has 0 atom stereocenters. The highest BCUT2D eigenvalue weighted by Gasteiger charge is 2.53. The molecule has 1 aromatic heterocycles. The summed E-state index contributed by atoms with van der Waals surface area (Å²) >= 11 is 0. The van der Waals surface area contributed by atoms with Gasteiger partial charge in [0.05, 0.1) is 16.6 Å². The number of benzene rings is 8. The largest absolute Gasteiger partial charge is 0.227 e. The molecule has 2 aliphatic rings. The van der Waals surface area contributed by atoms with E-state index in [0.29, 0.717) is 5.82 Å². The highest BCUT2D eigenvalue weighted by Crippen LogP contribution is 2.65. The van der Waals surface area contributed by atoms with Crippen LogP contribution < -0.4 is 0 Å². The minimum Gasteiger partial charge on any atom is -0.227 e. The second kappa shape index (κ2) is 11.6. The minimum atomic E-state index is -0.591. The molecule has 2 heteroatoms. The lowest BCUT2D eigenvalue weighted by atomic mass is 9.69. The van der Waals surface area contributed by atoms with Gasteiger partial charge in [0.15, 0.2) is 5.82 Å². The van der Waals surface area contributed by atoms with E-state index in [9.17, 15) is 0 Å². The Morgan fingerprint density at radius 3 is 1.72 bits per heavy atom. The zero-order valence-electron chi connectivity index (χ0n) is 29.8. The van der Waals surface area contributed by atoms with E-state index in [2.05, 4.69) is 189 Å². The molecule has 54 heavy (non-hydrogen) atoms. The van der Waals surface area contributed by atoms with E-state index in [-0.39, 0.29) is 0 Å². The molecule has 0 unspecified atom stereocenters. The van der Waals surface area contributed by atoms with Crippen molar-refractivity contribution in [3.05, 3.63) is 216 Å². The molecule has 0 aliphatic heterocycles. The smallest absolute Gasteiger partial charge is 0.160 e. The molecule has 1 spiro atoms. The van der Waals surface area contributed by atoms with Crippen molar-refractivity contribution in [1.29, 1.82) is 0 Å². The summed E-state index contributed by atoms with van der Waals surface area (Å²) in [5.41, 5.74) is 13.3. The lowest BCUT2D eigenvalue weighted by molar-refractivity contribution is 0.788. The average Bonchev–Trinajstić information content (AvgIpc) is 3.71. The van der Waals surface area contributed by atoms with Crippen LogP contribution in [-0.2, 0) is 5.41 Å². The first kappa shape index (κ1) is 30.7. The van der Waals surface area contributed by atoms with Crippen LogP contribution in [0, 0.1) is 0 Å². The lowest BCUT2D eigenvalue weighted by Gasteiger charge is -2.31. The zero-order valence-corrected chi connectivity index (χ0v) is 29.8. The fourth-order valence-electron chi connectivity index (χ4n) is 9.67. The van der Waals surface area contributed by atoms with E-state index in [4.69, 9.17) is 9.97 Å². The average molecular weight is 687 g/mol. The number of allylic oxidation sites excluding steroid dienone is 5. The number of aromatic nitrogens is 2. The summed E-state index contributed by atoms with van der Waals surface area (Å²) in [6, 6.07) is 59.3. The molecular weight excluding hydrogens is 653 g/mol. The van der Waals surface area contributed by atoms with Gasteiger partial charge in [0, 0.05) is 21.9 Å². The normalized spacial score (nSPS) is 14.3. The summed E-state index contributed by atoms with van der Waals surface area (Å²) in [6.07, 6.45) is 4.31. The first-order valence-corrected chi connectivity index (χ1v) is 18.7. The van der Waals surface area contributed by atoms with Gasteiger partial charge in [-0.15, -0.1) is 0 Å². The summed E-state index contributed by atoms with van der Waals surface area (Å²) in [6.45, 7) is 6.72. The Bertz CT molecular complexity index is 3040. The molecule has 11 rings (SSSR count). The molecule has 0 saturated carbocycles. The van der Waals surface area contributed by atoms with E-state index in [0.717, 1.165) is 49.7 Å². The summed E-state index contributed by atoms with van der Waals surface area (Å²) in [4.78, 5) is 11.0. The third kappa shape index (κ3) is 4.00. The van der Waals surface area contributed by atoms with Crippen LogP contribution in [0.1, 0.15) is 35.0 Å². The van der Waals surface area contributed by atoms with Crippen LogP contribution in [0.3, 0.4) is 0 Å². The number of fused-ring (bicyclic) bond motifs is 14. The van der Waals surface area contributed by atoms with E-state index in [1.165, 1.54) is 54.9 Å². The van der Waals surface area contributed by atoms with Gasteiger partial charge in [-0.25, -0.2) is 9.97 Å². The number of hydrogen-bond donors (Lipinski definition) is 0. The molecule has 1 heterocycles. The van der Waals surface area contributed by atoms with E-state index in [1.807, 2.05) is 0 Å². The van der Waals surface area contributed by atoms with Crippen LogP contribution in [-0.4, -0.2) is 9.97 Å². The van der Waals surface area contributed by atoms with Crippen molar-refractivity contribution in [3.63, 3.8) is 0 Å². The predicted molar refractivity (Wildman–Crippen MR) is 226 cm³/mol. The molecule has 0 fully saturated rings. The predicted octanol–water partition coefficient (Wildman–Crippen LogP) is 13.1. The summed E-state index contributed by atoms with van der Waals surface area (Å²) in [5, 5.41) is 8.32. The number of rotatable bonds is 4. The second-order valence-electron chi connectivity index (χ2n) is 14.4.